The maximum atomic E-state index is 8.62. The van der Waals surface area contributed by atoms with Crippen LogP contribution >= 0.6 is 0 Å². The lowest BCUT2D eigenvalue weighted by Crippen LogP contribution is -2.30. The van der Waals surface area contributed by atoms with E-state index in [0.29, 0.717) is 0 Å². The molecule has 0 spiro atoms. The van der Waals surface area contributed by atoms with Gasteiger partial charge in [-0.1, -0.05) is 6.08 Å². The molecular weight excluding hydrogens is 154 g/mol. The molecule has 0 aromatic rings. The summed E-state index contributed by atoms with van der Waals surface area (Å²) >= 11 is 0. The summed E-state index contributed by atoms with van der Waals surface area (Å²) in [7, 11) is -1.55. The van der Waals surface area contributed by atoms with Crippen LogP contribution in [-0.4, -0.2) is 14.4 Å². The topological polar surface area (TPSA) is 33.0 Å². The molecule has 0 bridgehead atoms. The van der Waals surface area contributed by atoms with E-state index in [0.717, 1.165) is 0 Å². The molecule has 0 aromatic heterocycles. The van der Waals surface area contributed by atoms with Crippen molar-refractivity contribution in [3.8, 4) is 6.07 Å². The lowest BCUT2D eigenvalue weighted by Gasteiger charge is -2.19. The second-order valence-electron chi connectivity index (χ2n) is 3.31. The molecular formula is C8H15NOSi. The minimum atomic E-state index is -1.55. The summed E-state index contributed by atoms with van der Waals surface area (Å²) < 4.78 is 5.52. The molecule has 3 heteroatoms. The quantitative estimate of drug-likeness (QED) is 0.480. The SMILES string of the molecule is C/C=C\[C@@H](C#N)O[Si](C)(C)C. The van der Waals surface area contributed by atoms with Crippen LogP contribution in [0.4, 0.5) is 0 Å². The molecule has 0 aliphatic heterocycles. The van der Waals surface area contributed by atoms with Crippen molar-refractivity contribution in [3.63, 3.8) is 0 Å². The predicted molar refractivity (Wildman–Crippen MR) is 48.6 cm³/mol. The van der Waals surface area contributed by atoms with Gasteiger partial charge in [0, 0.05) is 0 Å². The van der Waals surface area contributed by atoms with Crippen LogP contribution in [0.2, 0.25) is 19.6 Å². The van der Waals surface area contributed by atoms with Crippen molar-refractivity contribution in [2.75, 3.05) is 0 Å². The van der Waals surface area contributed by atoms with Crippen LogP contribution in [0.15, 0.2) is 12.2 Å². The predicted octanol–water partition coefficient (Wildman–Crippen LogP) is 2.31. The zero-order valence-electron chi connectivity index (χ0n) is 7.59. The number of nitriles is 1. The Kier molecular flexibility index (Phi) is 4.09. The molecule has 0 N–H and O–H groups in total. The molecule has 2 nitrogen and oxygen atoms in total. The van der Waals surface area contributed by atoms with Gasteiger partial charge in [-0.3, -0.25) is 0 Å². The van der Waals surface area contributed by atoms with E-state index in [1.54, 1.807) is 6.08 Å². The third-order valence-electron chi connectivity index (χ3n) is 0.975. The van der Waals surface area contributed by atoms with Crippen molar-refractivity contribution < 1.29 is 4.43 Å². The Bertz CT molecular complexity index is 176. The average molecular weight is 169 g/mol. The molecule has 0 rings (SSSR count). The Balaban J connectivity index is 4.02. The van der Waals surface area contributed by atoms with Crippen molar-refractivity contribution in [2.24, 2.45) is 0 Å². The van der Waals surface area contributed by atoms with Crippen LogP contribution in [0.25, 0.3) is 0 Å². The van der Waals surface area contributed by atoms with Gasteiger partial charge in [0.1, 0.15) is 0 Å². The van der Waals surface area contributed by atoms with E-state index in [4.69, 9.17) is 9.69 Å². The van der Waals surface area contributed by atoms with E-state index < -0.39 is 8.32 Å². The van der Waals surface area contributed by atoms with Gasteiger partial charge in [0.25, 0.3) is 0 Å². The highest BCUT2D eigenvalue weighted by Crippen LogP contribution is 2.07. The number of hydrogen-bond acceptors (Lipinski definition) is 2. The third kappa shape index (κ3) is 5.83. The van der Waals surface area contributed by atoms with Gasteiger partial charge >= 0.3 is 0 Å². The second kappa shape index (κ2) is 4.32. The van der Waals surface area contributed by atoms with E-state index in [-0.39, 0.29) is 6.10 Å². The molecule has 0 radical (unpaired) electrons. The first kappa shape index (κ1) is 10.4. The van der Waals surface area contributed by atoms with Gasteiger partial charge in [0.05, 0.1) is 6.07 Å². The first-order chi connectivity index (χ1) is 4.99. The number of allylic oxidation sites excluding steroid dienone is 1. The summed E-state index contributed by atoms with van der Waals surface area (Å²) in [6.45, 7) is 8.10. The minimum absolute atomic E-state index is 0.355. The molecule has 0 aliphatic carbocycles. The first-order valence-corrected chi connectivity index (χ1v) is 7.10. The molecule has 11 heavy (non-hydrogen) atoms. The van der Waals surface area contributed by atoms with Crippen molar-refractivity contribution in [3.05, 3.63) is 12.2 Å². The largest absolute Gasteiger partial charge is 0.399 e. The maximum absolute atomic E-state index is 8.62. The number of hydrogen-bond donors (Lipinski definition) is 0. The standard InChI is InChI=1S/C8H15NOSi/c1-5-6-8(7-9)10-11(2,3)4/h5-6,8H,1-4H3/b6-5-/t8-/m0/s1. The van der Waals surface area contributed by atoms with Gasteiger partial charge < -0.3 is 4.43 Å². The molecule has 0 heterocycles. The fraction of sp³-hybridized carbons (Fsp3) is 0.625. The molecule has 0 saturated heterocycles. The minimum Gasteiger partial charge on any atom is -0.399 e. The normalized spacial score (nSPS) is 14.8. The van der Waals surface area contributed by atoms with Crippen molar-refractivity contribution >= 4 is 8.32 Å². The molecule has 62 valence electrons. The molecule has 0 saturated carbocycles. The second-order valence-corrected chi connectivity index (χ2v) is 7.77. The van der Waals surface area contributed by atoms with Gasteiger partial charge in [0.2, 0.25) is 0 Å². The molecule has 1 atom stereocenters. The van der Waals surface area contributed by atoms with Crippen LogP contribution < -0.4 is 0 Å². The van der Waals surface area contributed by atoms with Gasteiger partial charge in [-0.05, 0) is 32.6 Å². The van der Waals surface area contributed by atoms with Gasteiger partial charge in [-0.15, -0.1) is 0 Å². The Morgan fingerprint density at radius 1 is 1.45 bits per heavy atom. The summed E-state index contributed by atoms with van der Waals surface area (Å²) in [6.07, 6.45) is 3.26. The summed E-state index contributed by atoms with van der Waals surface area (Å²) in [6, 6.07) is 2.09. The van der Waals surface area contributed by atoms with E-state index >= 15 is 0 Å². The monoisotopic (exact) mass is 169 g/mol. The van der Waals surface area contributed by atoms with Gasteiger partial charge in [-0.25, -0.2) is 0 Å². The molecule has 0 unspecified atom stereocenters. The first-order valence-electron chi connectivity index (χ1n) is 3.70. The van der Waals surface area contributed by atoms with Crippen LogP contribution in [0.3, 0.4) is 0 Å². The van der Waals surface area contributed by atoms with Gasteiger partial charge in [0.15, 0.2) is 14.4 Å². The average Bonchev–Trinajstić information content (AvgIpc) is 1.84. The van der Waals surface area contributed by atoms with E-state index in [9.17, 15) is 0 Å². The summed E-state index contributed by atoms with van der Waals surface area (Å²) in [5, 5.41) is 8.62. The lowest BCUT2D eigenvalue weighted by atomic mass is 10.4. The molecule has 0 aliphatic rings. The van der Waals surface area contributed by atoms with Crippen LogP contribution in [0.5, 0.6) is 0 Å². The van der Waals surface area contributed by atoms with Crippen molar-refractivity contribution in [2.45, 2.75) is 32.7 Å². The highest BCUT2D eigenvalue weighted by Gasteiger charge is 2.18. The number of nitrogens with zero attached hydrogens (tertiary/aromatic N) is 1. The molecule has 0 amide bonds. The zero-order chi connectivity index (χ0) is 8.91. The Labute approximate surface area is 69.6 Å². The van der Waals surface area contributed by atoms with Crippen molar-refractivity contribution in [1.29, 1.82) is 5.26 Å². The maximum Gasteiger partial charge on any atom is 0.185 e. The molecule has 0 fully saturated rings. The summed E-state index contributed by atoms with van der Waals surface area (Å²) in [4.78, 5) is 0. The van der Waals surface area contributed by atoms with Gasteiger partial charge in [-0.2, -0.15) is 5.26 Å². The van der Waals surface area contributed by atoms with E-state index in [2.05, 4.69) is 25.7 Å². The fourth-order valence-corrected chi connectivity index (χ4v) is 1.56. The Morgan fingerprint density at radius 2 is 2.00 bits per heavy atom. The summed E-state index contributed by atoms with van der Waals surface area (Å²) in [5.41, 5.74) is 0. The highest BCUT2D eigenvalue weighted by molar-refractivity contribution is 6.69. The van der Waals surface area contributed by atoms with Crippen LogP contribution in [0.1, 0.15) is 6.92 Å². The number of rotatable bonds is 3. The lowest BCUT2D eigenvalue weighted by molar-refractivity contribution is 0.296. The smallest absolute Gasteiger partial charge is 0.185 e. The fourth-order valence-electron chi connectivity index (χ4n) is 0.664. The van der Waals surface area contributed by atoms with Crippen LogP contribution in [-0.2, 0) is 4.43 Å². The van der Waals surface area contributed by atoms with Crippen molar-refractivity contribution in [1.82, 2.24) is 0 Å². The third-order valence-corrected chi connectivity index (χ3v) is 1.94. The highest BCUT2D eigenvalue weighted by atomic mass is 28.4. The Morgan fingerprint density at radius 3 is 2.27 bits per heavy atom. The van der Waals surface area contributed by atoms with Crippen LogP contribution in [0, 0.1) is 11.3 Å². The molecule has 0 aromatic carbocycles. The zero-order valence-corrected chi connectivity index (χ0v) is 8.59. The van der Waals surface area contributed by atoms with E-state index in [1.807, 2.05) is 13.0 Å². The van der Waals surface area contributed by atoms with E-state index in [1.165, 1.54) is 0 Å². The summed E-state index contributed by atoms with van der Waals surface area (Å²) in [5.74, 6) is 0. The Hall–Kier alpha value is -0.593.